The van der Waals surface area contributed by atoms with Gasteiger partial charge in [-0.2, -0.15) is 0 Å². The summed E-state index contributed by atoms with van der Waals surface area (Å²) in [6.07, 6.45) is 1.77. The Kier molecular flexibility index (Phi) is 6.71. The van der Waals surface area contributed by atoms with Crippen molar-refractivity contribution in [1.82, 2.24) is 10.2 Å². The number of rotatable bonds is 8. The van der Waals surface area contributed by atoms with Gasteiger partial charge in [0, 0.05) is 12.1 Å². The Hall–Kier alpha value is -2.80. The zero-order chi connectivity index (χ0) is 19.9. The van der Waals surface area contributed by atoms with E-state index in [9.17, 15) is 9.18 Å². The number of hydrogen-bond donors (Lipinski definition) is 0. The van der Waals surface area contributed by atoms with Gasteiger partial charge in [0.2, 0.25) is 5.13 Å². The highest BCUT2D eigenvalue weighted by atomic mass is 32.1. The van der Waals surface area contributed by atoms with E-state index in [1.807, 2.05) is 19.1 Å². The zero-order valence-electron chi connectivity index (χ0n) is 15.9. The fourth-order valence-corrected chi connectivity index (χ4v) is 3.60. The maximum absolute atomic E-state index is 13.5. The van der Waals surface area contributed by atoms with E-state index in [0.29, 0.717) is 40.2 Å². The summed E-state index contributed by atoms with van der Waals surface area (Å²) in [4.78, 5) is 14.9. The minimum absolute atomic E-state index is 0.181. The van der Waals surface area contributed by atoms with Crippen LogP contribution in [0.4, 0.5) is 9.52 Å². The molecule has 5 nitrogen and oxygen atoms in total. The number of anilines is 1. The SMILES string of the molecule is CCCCN(C(=O)c1ccccc1OCC)c1nnc(-c2cccc(F)c2)s1. The third-order valence-electron chi connectivity index (χ3n) is 4.11. The van der Waals surface area contributed by atoms with E-state index in [1.54, 1.807) is 29.2 Å². The Bertz CT molecular complexity index is 945. The molecule has 146 valence electrons. The number of unbranched alkanes of at least 4 members (excludes halogenated alkanes) is 1. The number of benzene rings is 2. The number of aromatic nitrogens is 2. The number of carbonyl (C=O) groups is 1. The number of para-hydroxylation sites is 1. The second-order valence-corrected chi connectivity index (χ2v) is 7.10. The standard InChI is InChI=1S/C21H22FN3O2S/c1-3-5-13-25(20(26)17-11-6-7-12-18(17)27-4-2)21-24-23-19(28-21)15-9-8-10-16(22)14-15/h6-12,14H,3-5,13H2,1-2H3. The van der Waals surface area contributed by atoms with Crippen LogP contribution in [0.25, 0.3) is 10.6 Å². The molecule has 0 spiro atoms. The molecular weight excluding hydrogens is 377 g/mol. The molecule has 0 saturated carbocycles. The Morgan fingerprint density at radius 2 is 1.96 bits per heavy atom. The molecule has 0 saturated heterocycles. The minimum Gasteiger partial charge on any atom is -0.493 e. The first-order valence-corrected chi connectivity index (χ1v) is 10.1. The first-order valence-electron chi connectivity index (χ1n) is 9.27. The maximum atomic E-state index is 13.5. The summed E-state index contributed by atoms with van der Waals surface area (Å²) in [6, 6.07) is 13.4. The summed E-state index contributed by atoms with van der Waals surface area (Å²) in [6.45, 7) is 4.94. The molecule has 0 radical (unpaired) electrons. The van der Waals surface area contributed by atoms with Crippen LogP contribution < -0.4 is 9.64 Å². The third kappa shape index (κ3) is 4.54. The number of nitrogens with zero attached hydrogens (tertiary/aromatic N) is 3. The Morgan fingerprint density at radius 3 is 2.71 bits per heavy atom. The van der Waals surface area contributed by atoms with Gasteiger partial charge < -0.3 is 4.74 Å². The molecule has 1 heterocycles. The lowest BCUT2D eigenvalue weighted by atomic mass is 10.1. The molecular formula is C21H22FN3O2S. The van der Waals surface area contributed by atoms with Gasteiger partial charge in [-0.25, -0.2) is 4.39 Å². The molecule has 3 aromatic rings. The maximum Gasteiger partial charge on any atom is 0.263 e. The highest BCUT2D eigenvalue weighted by Crippen LogP contribution is 2.31. The van der Waals surface area contributed by atoms with Gasteiger partial charge in [-0.1, -0.05) is 48.9 Å². The van der Waals surface area contributed by atoms with Crippen LogP contribution in [0.3, 0.4) is 0 Å². The summed E-state index contributed by atoms with van der Waals surface area (Å²) in [5.41, 5.74) is 1.13. The van der Waals surface area contributed by atoms with E-state index in [1.165, 1.54) is 23.5 Å². The van der Waals surface area contributed by atoms with E-state index in [-0.39, 0.29) is 11.7 Å². The lowest BCUT2D eigenvalue weighted by Crippen LogP contribution is -2.32. The quantitative estimate of drug-likeness (QED) is 0.523. The van der Waals surface area contributed by atoms with Crippen molar-refractivity contribution in [2.24, 2.45) is 0 Å². The van der Waals surface area contributed by atoms with Crippen LogP contribution in [0.5, 0.6) is 5.75 Å². The van der Waals surface area contributed by atoms with Crippen molar-refractivity contribution in [1.29, 1.82) is 0 Å². The molecule has 0 aliphatic heterocycles. The predicted molar refractivity (Wildman–Crippen MR) is 109 cm³/mol. The van der Waals surface area contributed by atoms with Gasteiger partial charge in [-0.05, 0) is 37.6 Å². The van der Waals surface area contributed by atoms with Crippen molar-refractivity contribution in [3.8, 4) is 16.3 Å². The molecule has 0 aliphatic rings. The number of hydrogen-bond acceptors (Lipinski definition) is 5. The second kappa shape index (κ2) is 9.41. The van der Waals surface area contributed by atoms with Gasteiger partial charge in [0.15, 0.2) is 0 Å². The lowest BCUT2D eigenvalue weighted by Gasteiger charge is -2.20. The highest BCUT2D eigenvalue weighted by molar-refractivity contribution is 7.18. The van der Waals surface area contributed by atoms with E-state index in [2.05, 4.69) is 17.1 Å². The number of amides is 1. The summed E-state index contributed by atoms with van der Waals surface area (Å²) in [5, 5.41) is 9.44. The molecule has 1 amide bonds. The fraction of sp³-hybridized carbons (Fsp3) is 0.286. The van der Waals surface area contributed by atoms with Crippen molar-refractivity contribution in [2.75, 3.05) is 18.1 Å². The van der Waals surface area contributed by atoms with Crippen molar-refractivity contribution < 1.29 is 13.9 Å². The number of carbonyl (C=O) groups excluding carboxylic acids is 1. The Labute approximate surface area is 167 Å². The molecule has 0 unspecified atom stereocenters. The van der Waals surface area contributed by atoms with Gasteiger partial charge in [0.05, 0.1) is 12.2 Å². The van der Waals surface area contributed by atoms with Crippen molar-refractivity contribution in [3.05, 3.63) is 59.9 Å². The van der Waals surface area contributed by atoms with Gasteiger partial charge in [0.25, 0.3) is 5.91 Å². The first kappa shape index (κ1) is 19.9. The van der Waals surface area contributed by atoms with E-state index < -0.39 is 0 Å². The van der Waals surface area contributed by atoms with E-state index in [0.717, 1.165) is 12.8 Å². The fourth-order valence-electron chi connectivity index (χ4n) is 2.73. The topological polar surface area (TPSA) is 55.3 Å². The number of ether oxygens (including phenoxy) is 1. The Balaban J connectivity index is 1.94. The molecule has 0 bridgehead atoms. The summed E-state index contributed by atoms with van der Waals surface area (Å²) >= 11 is 1.27. The first-order chi connectivity index (χ1) is 13.6. The van der Waals surface area contributed by atoms with Crippen LogP contribution in [-0.2, 0) is 0 Å². The molecule has 0 N–H and O–H groups in total. The minimum atomic E-state index is -0.334. The average molecular weight is 399 g/mol. The van der Waals surface area contributed by atoms with Crippen molar-refractivity contribution in [3.63, 3.8) is 0 Å². The van der Waals surface area contributed by atoms with Crippen molar-refractivity contribution >= 4 is 22.4 Å². The molecule has 0 aliphatic carbocycles. The van der Waals surface area contributed by atoms with Crippen LogP contribution in [0.1, 0.15) is 37.0 Å². The largest absolute Gasteiger partial charge is 0.493 e. The monoisotopic (exact) mass is 399 g/mol. The van der Waals surface area contributed by atoms with Crippen LogP contribution in [-0.4, -0.2) is 29.3 Å². The molecule has 1 aromatic heterocycles. The van der Waals surface area contributed by atoms with Crippen LogP contribution in [0, 0.1) is 5.82 Å². The summed E-state index contributed by atoms with van der Waals surface area (Å²) in [7, 11) is 0. The predicted octanol–water partition coefficient (Wildman–Crippen LogP) is 5.19. The normalized spacial score (nSPS) is 10.7. The zero-order valence-corrected chi connectivity index (χ0v) is 16.7. The Morgan fingerprint density at radius 1 is 1.14 bits per heavy atom. The smallest absolute Gasteiger partial charge is 0.263 e. The number of halogens is 1. The highest BCUT2D eigenvalue weighted by Gasteiger charge is 2.24. The van der Waals surface area contributed by atoms with Crippen LogP contribution in [0.2, 0.25) is 0 Å². The third-order valence-corrected chi connectivity index (χ3v) is 5.11. The molecule has 3 rings (SSSR count). The van der Waals surface area contributed by atoms with Gasteiger partial charge in [-0.3, -0.25) is 9.69 Å². The van der Waals surface area contributed by atoms with Gasteiger partial charge in [-0.15, -0.1) is 10.2 Å². The van der Waals surface area contributed by atoms with Crippen LogP contribution >= 0.6 is 11.3 Å². The second-order valence-electron chi connectivity index (χ2n) is 6.14. The molecule has 7 heteroatoms. The molecule has 0 atom stereocenters. The van der Waals surface area contributed by atoms with Gasteiger partial charge in [0.1, 0.15) is 16.6 Å². The molecule has 28 heavy (non-hydrogen) atoms. The molecule has 2 aromatic carbocycles. The molecule has 0 fully saturated rings. The summed E-state index contributed by atoms with van der Waals surface area (Å²) < 4.78 is 19.1. The van der Waals surface area contributed by atoms with E-state index >= 15 is 0 Å². The average Bonchev–Trinajstić information content (AvgIpc) is 3.19. The lowest BCUT2D eigenvalue weighted by molar-refractivity contribution is 0.0982. The van der Waals surface area contributed by atoms with Gasteiger partial charge >= 0.3 is 0 Å². The summed E-state index contributed by atoms with van der Waals surface area (Å²) in [5.74, 6) is 0.0321. The van der Waals surface area contributed by atoms with Crippen LogP contribution in [0.15, 0.2) is 48.5 Å². The van der Waals surface area contributed by atoms with E-state index in [4.69, 9.17) is 4.74 Å². The van der Waals surface area contributed by atoms with Crippen molar-refractivity contribution in [2.45, 2.75) is 26.7 Å².